The van der Waals surface area contributed by atoms with Crippen LogP contribution in [0.25, 0.3) is 10.9 Å². The monoisotopic (exact) mass is 323 g/mol. The maximum atomic E-state index is 9.33. The number of aryl methyl sites for hydroxylation is 1. The summed E-state index contributed by atoms with van der Waals surface area (Å²) in [5, 5.41) is 1.20. The quantitative estimate of drug-likeness (QED) is 0.689. The van der Waals surface area contributed by atoms with Crippen LogP contribution in [-0.2, 0) is 21.6 Å². The molecule has 0 bridgehead atoms. The van der Waals surface area contributed by atoms with Gasteiger partial charge in [-0.3, -0.25) is 13.7 Å². The van der Waals surface area contributed by atoms with Gasteiger partial charge in [-0.1, -0.05) is 24.3 Å². The van der Waals surface area contributed by atoms with Crippen LogP contribution in [0.3, 0.4) is 0 Å². The van der Waals surface area contributed by atoms with Gasteiger partial charge in [0.15, 0.2) is 0 Å². The molecule has 8 heteroatoms. The van der Waals surface area contributed by atoms with E-state index in [0.717, 1.165) is 12.6 Å². The van der Waals surface area contributed by atoms with E-state index >= 15 is 0 Å². The molecule has 118 valence electrons. The Morgan fingerprint density at radius 1 is 1.14 bits per heavy atom. The predicted octanol–water partition coefficient (Wildman–Crippen LogP) is 2.09. The minimum absolute atomic E-state index is 0.870. The summed E-state index contributed by atoms with van der Waals surface area (Å²) in [6, 6.07) is 12.1. The molecular formula is C14H17N3O4S. The zero-order valence-corrected chi connectivity index (χ0v) is 13.0. The predicted molar refractivity (Wildman–Crippen MR) is 83.5 cm³/mol. The minimum atomic E-state index is -4.16. The standard InChI is InChI=1S/C9H7N.C4H6N2.CH4O4S/c1-2-6-9-8(4-1)5-3-7-10-9;1-6-3-2-5-4-6;1-5-6(2,3)4/h1-7H;2-4H,1H3;1H3,(H,2,3,4). The number of hydrogen-bond acceptors (Lipinski definition) is 5. The summed E-state index contributed by atoms with van der Waals surface area (Å²) in [4.78, 5) is 7.97. The number of nitrogens with zero attached hydrogens (tertiary/aromatic N) is 3. The normalized spacial score (nSPS) is 10.1. The van der Waals surface area contributed by atoms with Crippen molar-refractivity contribution >= 4 is 21.3 Å². The van der Waals surface area contributed by atoms with E-state index in [-0.39, 0.29) is 0 Å². The molecule has 0 unspecified atom stereocenters. The first kappa shape index (κ1) is 17.8. The van der Waals surface area contributed by atoms with Crippen LogP contribution in [-0.4, -0.2) is 34.6 Å². The van der Waals surface area contributed by atoms with Gasteiger partial charge in [0.25, 0.3) is 0 Å². The molecule has 3 rings (SSSR count). The van der Waals surface area contributed by atoms with Crippen molar-refractivity contribution in [3.63, 3.8) is 0 Å². The van der Waals surface area contributed by atoms with E-state index in [4.69, 9.17) is 4.55 Å². The Labute approximate surface area is 129 Å². The van der Waals surface area contributed by atoms with Crippen molar-refractivity contribution in [3.05, 3.63) is 61.3 Å². The maximum Gasteiger partial charge on any atom is 0.397 e. The van der Waals surface area contributed by atoms with Crippen LogP contribution in [0.1, 0.15) is 0 Å². The van der Waals surface area contributed by atoms with Gasteiger partial charge >= 0.3 is 10.4 Å². The number of rotatable bonds is 1. The van der Waals surface area contributed by atoms with Gasteiger partial charge in [-0.15, -0.1) is 0 Å². The number of imidazole rings is 1. The molecule has 0 aliphatic heterocycles. The largest absolute Gasteiger partial charge is 0.397 e. The molecule has 0 saturated heterocycles. The van der Waals surface area contributed by atoms with Crippen LogP contribution in [0.2, 0.25) is 0 Å². The molecule has 1 aromatic carbocycles. The molecule has 0 fully saturated rings. The fraction of sp³-hybridized carbons (Fsp3) is 0.143. The summed E-state index contributed by atoms with van der Waals surface area (Å²) in [5.41, 5.74) is 1.06. The lowest BCUT2D eigenvalue weighted by atomic mass is 10.2. The number of fused-ring (bicyclic) bond motifs is 1. The van der Waals surface area contributed by atoms with Crippen molar-refractivity contribution in [1.82, 2.24) is 14.5 Å². The molecule has 3 aromatic rings. The highest BCUT2D eigenvalue weighted by Crippen LogP contribution is 2.07. The first-order valence-electron chi connectivity index (χ1n) is 6.17. The number of para-hydroxylation sites is 1. The topological polar surface area (TPSA) is 94.3 Å². The Balaban J connectivity index is 0.000000176. The van der Waals surface area contributed by atoms with E-state index in [2.05, 4.69) is 26.3 Å². The van der Waals surface area contributed by atoms with Gasteiger partial charge in [0.1, 0.15) is 0 Å². The van der Waals surface area contributed by atoms with Crippen LogP contribution >= 0.6 is 0 Å². The average molecular weight is 323 g/mol. The van der Waals surface area contributed by atoms with Gasteiger partial charge < -0.3 is 4.57 Å². The molecular weight excluding hydrogens is 306 g/mol. The molecule has 0 saturated carbocycles. The molecule has 0 aliphatic rings. The van der Waals surface area contributed by atoms with Crippen LogP contribution in [0, 0.1) is 0 Å². The van der Waals surface area contributed by atoms with Crippen molar-refractivity contribution < 1.29 is 17.2 Å². The lowest BCUT2D eigenvalue weighted by molar-refractivity contribution is 0.324. The molecule has 22 heavy (non-hydrogen) atoms. The van der Waals surface area contributed by atoms with Gasteiger partial charge in [-0.25, -0.2) is 4.98 Å². The molecule has 0 aliphatic carbocycles. The molecule has 1 N–H and O–H groups in total. The Kier molecular flexibility index (Phi) is 7.17. The Morgan fingerprint density at radius 2 is 1.77 bits per heavy atom. The summed E-state index contributed by atoms with van der Waals surface area (Å²) < 4.78 is 31.6. The molecule has 2 aromatic heterocycles. The molecule has 0 atom stereocenters. The zero-order valence-electron chi connectivity index (χ0n) is 12.2. The highest BCUT2D eigenvalue weighted by Gasteiger charge is 1.94. The number of benzene rings is 1. The molecule has 0 amide bonds. The van der Waals surface area contributed by atoms with Crippen molar-refractivity contribution in [1.29, 1.82) is 0 Å². The molecule has 0 spiro atoms. The summed E-state index contributed by atoms with van der Waals surface area (Å²) in [5.74, 6) is 0. The first-order valence-corrected chi connectivity index (χ1v) is 7.53. The second-order valence-corrected chi connectivity index (χ2v) is 5.21. The molecule has 2 heterocycles. The van der Waals surface area contributed by atoms with Crippen LogP contribution in [0.5, 0.6) is 0 Å². The lowest BCUT2D eigenvalue weighted by Crippen LogP contribution is -1.96. The third-order valence-electron chi connectivity index (χ3n) is 2.36. The summed E-state index contributed by atoms with van der Waals surface area (Å²) in [6.45, 7) is 0. The minimum Gasteiger partial charge on any atom is -0.341 e. The SMILES string of the molecule is COS(=O)(=O)O.Cn1ccnc1.c1ccc2ncccc2c1. The van der Waals surface area contributed by atoms with Gasteiger partial charge in [0.05, 0.1) is 19.0 Å². The number of hydrogen-bond donors (Lipinski definition) is 1. The van der Waals surface area contributed by atoms with E-state index in [1.807, 2.05) is 48.3 Å². The summed E-state index contributed by atoms with van der Waals surface area (Å²) >= 11 is 0. The Bertz CT molecular complexity index is 708. The van der Waals surface area contributed by atoms with Crippen molar-refractivity contribution in [2.24, 2.45) is 7.05 Å². The van der Waals surface area contributed by atoms with Crippen LogP contribution < -0.4 is 0 Å². The van der Waals surface area contributed by atoms with Gasteiger partial charge in [-0.2, -0.15) is 8.42 Å². The third-order valence-corrected chi connectivity index (χ3v) is 2.78. The van der Waals surface area contributed by atoms with Crippen molar-refractivity contribution in [2.45, 2.75) is 0 Å². The second kappa shape index (κ2) is 8.88. The highest BCUT2D eigenvalue weighted by atomic mass is 32.3. The van der Waals surface area contributed by atoms with Gasteiger partial charge in [0.2, 0.25) is 0 Å². The van der Waals surface area contributed by atoms with E-state index in [1.165, 1.54) is 5.39 Å². The zero-order chi connectivity index (χ0) is 16.4. The summed E-state index contributed by atoms with van der Waals surface area (Å²) in [7, 11) is -1.35. The van der Waals surface area contributed by atoms with Crippen LogP contribution in [0.15, 0.2) is 61.3 Å². The first-order chi connectivity index (χ1) is 10.4. The third kappa shape index (κ3) is 7.48. The van der Waals surface area contributed by atoms with Crippen LogP contribution in [0.4, 0.5) is 0 Å². The fourth-order valence-corrected chi connectivity index (χ4v) is 1.34. The Morgan fingerprint density at radius 3 is 2.23 bits per heavy atom. The molecule has 7 nitrogen and oxygen atoms in total. The summed E-state index contributed by atoms with van der Waals surface area (Å²) in [6.07, 6.45) is 7.20. The van der Waals surface area contributed by atoms with E-state index < -0.39 is 10.4 Å². The van der Waals surface area contributed by atoms with Crippen molar-refractivity contribution in [2.75, 3.05) is 7.11 Å². The maximum absolute atomic E-state index is 9.33. The van der Waals surface area contributed by atoms with Crippen molar-refractivity contribution in [3.8, 4) is 0 Å². The van der Waals surface area contributed by atoms with E-state index in [9.17, 15) is 8.42 Å². The average Bonchev–Trinajstić information content (AvgIpc) is 2.99. The highest BCUT2D eigenvalue weighted by molar-refractivity contribution is 7.80. The number of pyridine rings is 1. The second-order valence-electron chi connectivity index (χ2n) is 4.02. The molecule has 0 radical (unpaired) electrons. The number of aromatic nitrogens is 3. The van der Waals surface area contributed by atoms with Gasteiger partial charge in [0, 0.05) is 31.0 Å². The van der Waals surface area contributed by atoms with E-state index in [1.54, 1.807) is 12.5 Å². The Hall–Kier alpha value is -2.29. The van der Waals surface area contributed by atoms with E-state index in [0.29, 0.717) is 0 Å². The van der Waals surface area contributed by atoms with Gasteiger partial charge in [-0.05, 0) is 12.1 Å². The fourth-order valence-electron chi connectivity index (χ4n) is 1.34. The smallest absolute Gasteiger partial charge is 0.341 e. The lowest BCUT2D eigenvalue weighted by Gasteiger charge is -1.91.